The topological polar surface area (TPSA) is 33.1 Å². The zero-order chi connectivity index (χ0) is 14.1. The van der Waals surface area contributed by atoms with Crippen molar-refractivity contribution in [3.63, 3.8) is 0 Å². The molecule has 0 unspecified atom stereocenters. The summed E-state index contributed by atoms with van der Waals surface area (Å²) in [6.45, 7) is 2.01. The Hall–Kier alpha value is -1.62. The summed E-state index contributed by atoms with van der Waals surface area (Å²) in [7, 11) is 4.01. The molecule has 1 aromatic carbocycles. The van der Waals surface area contributed by atoms with Gasteiger partial charge in [-0.3, -0.25) is 0 Å². The maximum atomic E-state index is 5.30. The second kappa shape index (κ2) is 5.40. The van der Waals surface area contributed by atoms with Crippen molar-refractivity contribution in [3.8, 4) is 0 Å². The summed E-state index contributed by atoms with van der Waals surface area (Å²) in [5, 5.41) is 3.91. The number of aromatic nitrogens is 2. The molecule has 2 aromatic rings. The molecular weight excluding hydrogens is 268 g/mol. The van der Waals surface area contributed by atoms with Crippen LogP contribution in [0.5, 0.6) is 0 Å². The van der Waals surface area contributed by atoms with Crippen LogP contribution in [-0.4, -0.2) is 39.7 Å². The van der Waals surface area contributed by atoms with Gasteiger partial charge in [-0.05, 0) is 37.2 Å². The van der Waals surface area contributed by atoms with Crippen molar-refractivity contribution in [2.24, 2.45) is 7.05 Å². The molecule has 0 bridgehead atoms. The number of fused-ring (bicyclic) bond motifs is 1. The highest BCUT2D eigenvalue weighted by Crippen LogP contribution is 2.29. The number of nitrogens with zero attached hydrogens (tertiary/aromatic N) is 3. The zero-order valence-corrected chi connectivity index (χ0v) is 12.8. The molecule has 2 heterocycles. The van der Waals surface area contributed by atoms with Crippen LogP contribution in [0.2, 0.25) is 0 Å². The summed E-state index contributed by atoms with van der Waals surface area (Å²) < 4.78 is 2.24. The third-order valence-electron chi connectivity index (χ3n) is 4.18. The number of piperidine rings is 1. The smallest absolute Gasteiger partial charge is 0.168 e. The lowest BCUT2D eigenvalue weighted by Crippen LogP contribution is -2.42. The van der Waals surface area contributed by atoms with Gasteiger partial charge in [0, 0.05) is 33.1 Å². The molecule has 3 rings (SSSR count). The lowest BCUT2D eigenvalue weighted by atomic mass is 9.96. The van der Waals surface area contributed by atoms with E-state index in [9.17, 15) is 0 Å². The van der Waals surface area contributed by atoms with Gasteiger partial charge in [0.1, 0.15) is 5.82 Å². The van der Waals surface area contributed by atoms with Gasteiger partial charge < -0.3 is 14.8 Å². The Morgan fingerprint density at radius 2 is 2.00 bits per heavy atom. The highest BCUT2D eigenvalue weighted by molar-refractivity contribution is 7.80. The molecule has 1 aliphatic heterocycles. The number of aryl methyl sites for hydroxylation is 1. The Morgan fingerprint density at radius 3 is 2.65 bits per heavy atom. The molecule has 20 heavy (non-hydrogen) atoms. The quantitative estimate of drug-likeness (QED) is 0.816. The summed E-state index contributed by atoms with van der Waals surface area (Å²) in [5.41, 5.74) is 2.31. The second-order valence-electron chi connectivity index (χ2n) is 5.33. The maximum Gasteiger partial charge on any atom is 0.168 e. The fourth-order valence-electron chi connectivity index (χ4n) is 3.03. The number of likely N-dealkylation sites (tertiary alicyclic amines) is 1. The van der Waals surface area contributed by atoms with E-state index < -0.39 is 0 Å². The average molecular weight is 288 g/mol. The number of thiocarbonyl (C=S) groups is 1. The first-order chi connectivity index (χ1) is 9.70. The van der Waals surface area contributed by atoms with Crippen LogP contribution in [0.25, 0.3) is 11.0 Å². The van der Waals surface area contributed by atoms with Crippen LogP contribution >= 0.6 is 12.2 Å². The standard InChI is InChI=1S/C15H20N4S/c1-16-15(20)19-9-7-11(8-10-19)14-17-12-5-3-4-6-13(12)18(14)2/h3-6,11H,7-10H2,1-2H3,(H,16,20). The van der Waals surface area contributed by atoms with Gasteiger partial charge in [0.15, 0.2) is 5.11 Å². The van der Waals surface area contributed by atoms with E-state index in [2.05, 4.69) is 40.0 Å². The molecule has 5 heteroatoms. The van der Waals surface area contributed by atoms with E-state index in [4.69, 9.17) is 17.2 Å². The number of hydrogen-bond donors (Lipinski definition) is 1. The third-order valence-corrected chi connectivity index (χ3v) is 4.65. The number of imidazole rings is 1. The van der Waals surface area contributed by atoms with Gasteiger partial charge in [-0.25, -0.2) is 4.98 Å². The van der Waals surface area contributed by atoms with Gasteiger partial charge in [-0.15, -0.1) is 0 Å². The molecule has 0 amide bonds. The number of para-hydroxylation sites is 2. The Bertz CT molecular complexity index is 626. The largest absolute Gasteiger partial charge is 0.366 e. The first kappa shape index (κ1) is 13.4. The minimum Gasteiger partial charge on any atom is -0.366 e. The predicted molar refractivity (Wildman–Crippen MR) is 85.9 cm³/mol. The van der Waals surface area contributed by atoms with E-state index in [1.807, 2.05) is 13.1 Å². The minimum absolute atomic E-state index is 0.531. The molecule has 4 nitrogen and oxygen atoms in total. The predicted octanol–water partition coefficient (Wildman–Crippen LogP) is 2.26. The monoisotopic (exact) mass is 288 g/mol. The van der Waals surface area contributed by atoms with E-state index in [-0.39, 0.29) is 0 Å². The summed E-state index contributed by atoms with van der Waals surface area (Å²) in [5.74, 6) is 1.74. The number of hydrogen-bond acceptors (Lipinski definition) is 2. The molecule has 0 aliphatic carbocycles. The highest BCUT2D eigenvalue weighted by atomic mass is 32.1. The summed E-state index contributed by atoms with van der Waals surface area (Å²) in [4.78, 5) is 7.07. The molecule has 1 saturated heterocycles. The number of benzene rings is 1. The van der Waals surface area contributed by atoms with Crippen LogP contribution < -0.4 is 5.32 Å². The highest BCUT2D eigenvalue weighted by Gasteiger charge is 2.25. The van der Waals surface area contributed by atoms with Crippen LogP contribution in [-0.2, 0) is 7.05 Å². The Kier molecular flexibility index (Phi) is 3.61. The Balaban J connectivity index is 1.80. The lowest BCUT2D eigenvalue weighted by molar-refractivity contribution is 0.303. The second-order valence-corrected chi connectivity index (χ2v) is 5.72. The van der Waals surface area contributed by atoms with Crippen LogP contribution in [0, 0.1) is 0 Å². The first-order valence-corrected chi connectivity index (χ1v) is 7.49. The molecule has 0 radical (unpaired) electrons. The number of rotatable bonds is 1. The minimum atomic E-state index is 0.531. The van der Waals surface area contributed by atoms with Crippen molar-refractivity contribution in [1.29, 1.82) is 0 Å². The van der Waals surface area contributed by atoms with E-state index in [0.717, 1.165) is 36.6 Å². The van der Waals surface area contributed by atoms with Crippen LogP contribution in [0.4, 0.5) is 0 Å². The van der Waals surface area contributed by atoms with Gasteiger partial charge in [0.25, 0.3) is 0 Å². The Morgan fingerprint density at radius 1 is 1.30 bits per heavy atom. The molecule has 1 aliphatic rings. The molecular formula is C15H20N4S. The van der Waals surface area contributed by atoms with Crippen molar-refractivity contribution < 1.29 is 0 Å². The van der Waals surface area contributed by atoms with Crippen molar-refractivity contribution in [3.05, 3.63) is 30.1 Å². The lowest BCUT2D eigenvalue weighted by Gasteiger charge is -2.33. The average Bonchev–Trinajstić information content (AvgIpc) is 2.84. The van der Waals surface area contributed by atoms with Crippen molar-refractivity contribution in [1.82, 2.24) is 19.8 Å². The molecule has 1 fully saturated rings. The van der Waals surface area contributed by atoms with Crippen LogP contribution in [0.3, 0.4) is 0 Å². The van der Waals surface area contributed by atoms with E-state index in [0.29, 0.717) is 5.92 Å². The first-order valence-electron chi connectivity index (χ1n) is 7.08. The summed E-state index contributed by atoms with van der Waals surface area (Å²) in [6.07, 6.45) is 2.22. The molecule has 0 spiro atoms. The normalized spacial score (nSPS) is 16.6. The van der Waals surface area contributed by atoms with Crippen molar-refractivity contribution in [2.75, 3.05) is 20.1 Å². The molecule has 0 saturated carbocycles. The van der Waals surface area contributed by atoms with Crippen LogP contribution in [0.1, 0.15) is 24.6 Å². The maximum absolute atomic E-state index is 5.30. The summed E-state index contributed by atoms with van der Waals surface area (Å²) >= 11 is 5.30. The summed E-state index contributed by atoms with van der Waals surface area (Å²) in [6, 6.07) is 8.34. The van der Waals surface area contributed by atoms with Gasteiger partial charge in [0.2, 0.25) is 0 Å². The van der Waals surface area contributed by atoms with Gasteiger partial charge in [0.05, 0.1) is 11.0 Å². The fraction of sp³-hybridized carbons (Fsp3) is 0.467. The third kappa shape index (κ3) is 2.26. The Labute approximate surface area is 124 Å². The van der Waals surface area contributed by atoms with E-state index >= 15 is 0 Å². The fourth-order valence-corrected chi connectivity index (χ4v) is 3.21. The SMILES string of the molecule is CNC(=S)N1CCC(c2nc3ccccc3n2C)CC1. The molecule has 1 N–H and O–H groups in total. The van der Waals surface area contributed by atoms with Gasteiger partial charge in [-0.1, -0.05) is 12.1 Å². The number of nitrogens with one attached hydrogen (secondary N) is 1. The van der Waals surface area contributed by atoms with Crippen molar-refractivity contribution in [2.45, 2.75) is 18.8 Å². The zero-order valence-electron chi connectivity index (χ0n) is 12.0. The van der Waals surface area contributed by atoms with Gasteiger partial charge >= 0.3 is 0 Å². The van der Waals surface area contributed by atoms with E-state index in [1.165, 1.54) is 11.3 Å². The van der Waals surface area contributed by atoms with Gasteiger partial charge in [-0.2, -0.15) is 0 Å². The molecule has 1 aromatic heterocycles. The molecule has 0 atom stereocenters. The van der Waals surface area contributed by atoms with Crippen LogP contribution in [0.15, 0.2) is 24.3 Å². The van der Waals surface area contributed by atoms with Crippen molar-refractivity contribution >= 4 is 28.4 Å². The van der Waals surface area contributed by atoms with E-state index in [1.54, 1.807) is 0 Å². The molecule has 106 valence electrons.